The van der Waals surface area contributed by atoms with Crippen LogP contribution in [0.25, 0.3) is 6.08 Å². The molecule has 0 bridgehead atoms. The van der Waals surface area contributed by atoms with Crippen LogP contribution in [0.3, 0.4) is 0 Å². The SMILES string of the molecule is O=C1/C(=C\c2ccc([N+](=O)[O-])cc2)SC(c2ccc([N+](=O)[O-])cc2)N1NCCNc1nccs1. The van der Waals surface area contributed by atoms with E-state index in [2.05, 4.69) is 15.7 Å². The number of thiazole rings is 1. The minimum atomic E-state index is -0.484. The van der Waals surface area contributed by atoms with Crippen LogP contribution in [-0.2, 0) is 4.79 Å². The molecule has 2 heterocycles. The maximum absolute atomic E-state index is 13.2. The van der Waals surface area contributed by atoms with Crippen LogP contribution in [0, 0.1) is 20.2 Å². The van der Waals surface area contributed by atoms with Crippen molar-refractivity contribution < 1.29 is 14.6 Å². The molecule has 1 unspecified atom stereocenters. The fourth-order valence-electron chi connectivity index (χ4n) is 3.18. The Morgan fingerprint density at radius 2 is 1.65 bits per heavy atom. The lowest BCUT2D eigenvalue weighted by Gasteiger charge is -2.24. The number of nitro benzene ring substituents is 2. The lowest BCUT2D eigenvalue weighted by Crippen LogP contribution is -2.42. The average molecular weight is 499 g/mol. The van der Waals surface area contributed by atoms with Crippen molar-refractivity contribution in [2.75, 3.05) is 18.4 Å². The van der Waals surface area contributed by atoms with E-state index < -0.39 is 15.2 Å². The second kappa shape index (κ2) is 10.4. The minimum absolute atomic E-state index is 0.0349. The minimum Gasteiger partial charge on any atom is -0.360 e. The van der Waals surface area contributed by atoms with E-state index in [1.54, 1.807) is 36.5 Å². The molecule has 0 saturated carbocycles. The normalized spacial score (nSPS) is 16.7. The van der Waals surface area contributed by atoms with Crippen molar-refractivity contribution in [3.63, 3.8) is 0 Å². The molecule has 174 valence electrons. The van der Waals surface area contributed by atoms with Gasteiger partial charge < -0.3 is 5.32 Å². The zero-order valence-corrected chi connectivity index (χ0v) is 19.1. The predicted molar refractivity (Wildman–Crippen MR) is 130 cm³/mol. The van der Waals surface area contributed by atoms with Crippen LogP contribution in [-0.4, -0.2) is 38.8 Å². The summed E-state index contributed by atoms with van der Waals surface area (Å²) >= 11 is 2.77. The van der Waals surface area contributed by atoms with Gasteiger partial charge in [0.15, 0.2) is 5.13 Å². The molecule has 0 aliphatic carbocycles. The third-order valence-electron chi connectivity index (χ3n) is 4.81. The van der Waals surface area contributed by atoms with Gasteiger partial charge in [-0.05, 0) is 41.5 Å². The maximum Gasteiger partial charge on any atom is 0.275 e. The maximum atomic E-state index is 13.2. The number of carbonyl (C=O) groups is 1. The fourth-order valence-corrected chi connectivity index (χ4v) is 4.95. The monoisotopic (exact) mass is 498 g/mol. The molecular formula is C21H18N6O5S2. The lowest BCUT2D eigenvalue weighted by atomic mass is 10.2. The molecule has 1 aliphatic heterocycles. The molecule has 1 aromatic heterocycles. The van der Waals surface area contributed by atoms with Crippen molar-refractivity contribution in [3.05, 3.63) is 96.4 Å². The van der Waals surface area contributed by atoms with Gasteiger partial charge in [-0.1, -0.05) is 11.8 Å². The summed E-state index contributed by atoms with van der Waals surface area (Å²) in [5.74, 6) is -0.263. The Morgan fingerprint density at radius 1 is 1.00 bits per heavy atom. The van der Waals surface area contributed by atoms with Crippen molar-refractivity contribution in [1.29, 1.82) is 0 Å². The van der Waals surface area contributed by atoms with Crippen molar-refractivity contribution in [1.82, 2.24) is 15.4 Å². The van der Waals surface area contributed by atoms with E-state index in [1.807, 2.05) is 5.38 Å². The number of non-ortho nitro benzene ring substituents is 2. The van der Waals surface area contributed by atoms with Crippen LogP contribution >= 0.6 is 23.1 Å². The molecular weight excluding hydrogens is 480 g/mol. The van der Waals surface area contributed by atoms with Gasteiger partial charge in [0.25, 0.3) is 17.3 Å². The van der Waals surface area contributed by atoms with E-state index in [9.17, 15) is 25.0 Å². The second-order valence-corrected chi connectivity index (χ2v) is 9.04. The van der Waals surface area contributed by atoms with Crippen LogP contribution < -0.4 is 10.7 Å². The van der Waals surface area contributed by atoms with Gasteiger partial charge in [0, 0.05) is 48.9 Å². The zero-order chi connectivity index (χ0) is 24.1. The number of benzene rings is 2. The summed E-state index contributed by atoms with van der Waals surface area (Å²) < 4.78 is 0. The van der Waals surface area contributed by atoms with E-state index >= 15 is 0 Å². The number of hydrazine groups is 1. The second-order valence-electron chi connectivity index (χ2n) is 7.02. The summed E-state index contributed by atoms with van der Waals surface area (Å²) in [4.78, 5) is 38.7. The topological polar surface area (TPSA) is 144 Å². The number of nitrogens with zero attached hydrogens (tertiary/aromatic N) is 4. The summed E-state index contributed by atoms with van der Waals surface area (Å²) in [6.45, 7) is 0.955. The smallest absolute Gasteiger partial charge is 0.275 e. The van der Waals surface area contributed by atoms with Crippen molar-refractivity contribution in [2.45, 2.75) is 5.37 Å². The number of rotatable bonds is 9. The van der Waals surface area contributed by atoms with E-state index in [-0.39, 0.29) is 17.3 Å². The van der Waals surface area contributed by atoms with Crippen molar-refractivity contribution >= 4 is 51.6 Å². The lowest BCUT2D eigenvalue weighted by molar-refractivity contribution is -0.385. The Hall–Kier alpha value is -3.81. The van der Waals surface area contributed by atoms with Gasteiger partial charge in [-0.3, -0.25) is 30.0 Å². The highest BCUT2D eigenvalue weighted by Gasteiger charge is 2.37. The van der Waals surface area contributed by atoms with E-state index in [4.69, 9.17) is 0 Å². The van der Waals surface area contributed by atoms with Crippen LogP contribution in [0.4, 0.5) is 16.5 Å². The Balaban J connectivity index is 1.53. The first kappa shape index (κ1) is 23.4. The highest BCUT2D eigenvalue weighted by Crippen LogP contribution is 2.45. The molecule has 1 saturated heterocycles. The molecule has 0 spiro atoms. The Kier molecular flexibility index (Phi) is 7.15. The molecule has 4 rings (SSSR count). The highest BCUT2D eigenvalue weighted by molar-refractivity contribution is 8.04. The van der Waals surface area contributed by atoms with Crippen LogP contribution in [0.15, 0.2) is 65.0 Å². The molecule has 11 nitrogen and oxygen atoms in total. The van der Waals surface area contributed by atoms with Crippen LogP contribution in [0.1, 0.15) is 16.5 Å². The number of carbonyl (C=O) groups excluding carboxylic acids is 1. The fraction of sp³-hybridized carbons (Fsp3) is 0.143. The molecule has 13 heteroatoms. The van der Waals surface area contributed by atoms with Crippen molar-refractivity contribution in [3.8, 4) is 0 Å². The van der Waals surface area contributed by atoms with Gasteiger partial charge in [-0.25, -0.2) is 10.4 Å². The predicted octanol–water partition coefficient (Wildman–Crippen LogP) is 4.19. The van der Waals surface area contributed by atoms with Crippen LogP contribution in [0.5, 0.6) is 0 Å². The van der Waals surface area contributed by atoms with E-state index in [0.717, 1.165) is 10.7 Å². The number of amides is 1. The van der Waals surface area contributed by atoms with Gasteiger partial charge >= 0.3 is 0 Å². The van der Waals surface area contributed by atoms with Crippen LogP contribution in [0.2, 0.25) is 0 Å². The van der Waals surface area contributed by atoms with Gasteiger partial charge in [0.1, 0.15) is 5.37 Å². The summed E-state index contributed by atoms with van der Waals surface area (Å²) in [7, 11) is 0. The van der Waals surface area contributed by atoms with Crippen molar-refractivity contribution in [2.24, 2.45) is 0 Å². The molecule has 1 aliphatic rings. The third kappa shape index (κ3) is 5.39. The number of thioether (sulfide) groups is 1. The molecule has 1 atom stereocenters. The summed E-state index contributed by atoms with van der Waals surface area (Å²) in [5, 5.41) is 28.7. The molecule has 34 heavy (non-hydrogen) atoms. The molecule has 3 aromatic rings. The number of nitrogens with one attached hydrogen (secondary N) is 2. The summed E-state index contributed by atoms with van der Waals surface area (Å²) in [6, 6.07) is 12.0. The Morgan fingerprint density at radius 3 is 2.24 bits per heavy atom. The van der Waals surface area contributed by atoms with Gasteiger partial charge in [0.05, 0.1) is 14.8 Å². The first-order valence-corrected chi connectivity index (χ1v) is 11.8. The van der Waals surface area contributed by atoms with E-state index in [0.29, 0.717) is 23.6 Å². The number of hydrogen-bond acceptors (Lipinski definition) is 10. The average Bonchev–Trinajstić information content (AvgIpc) is 3.46. The Labute approximate surface area is 201 Å². The molecule has 1 amide bonds. The highest BCUT2D eigenvalue weighted by atomic mass is 32.2. The Bertz CT molecular complexity index is 1220. The number of anilines is 1. The number of aromatic nitrogens is 1. The zero-order valence-electron chi connectivity index (χ0n) is 17.5. The van der Waals surface area contributed by atoms with Gasteiger partial charge in [-0.2, -0.15) is 0 Å². The molecule has 0 radical (unpaired) electrons. The summed E-state index contributed by atoms with van der Waals surface area (Å²) in [6.07, 6.45) is 3.37. The summed E-state index contributed by atoms with van der Waals surface area (Å²) in [5.41, 5.74) is 4.43. The van der Waals surface area contributed by atoms with Gasteiger partial charge in [-0.15, -0.1) is 11.3 Å². The number of nitro groups is 2. The largest absolute Gasteiger partial charge is 0.360 e. The number of hydrogen-bond donors (Lipinski definition) is 2. The first-order chi connectivity index (χ1) is 16.4. The standard InChI is InChI=1S/C21H18N6O5S2/c28-19-18(13-14-1-5-16(6-2-14)26(29)30)34-20(15-3-7-17(8-4-15)27(31)32)25(19)24-10-9-22-21-23-11-12-33-21/h1-8,11-13,20,24H,9-10H2,(H,22,23)/b18-13+. The molecule has 1 fully saturated rings. The third-order valence-corrected chi connectivity index (χ3v) is 6.79. The molecule has 2 aromatic carbocycles. The quantitative estimate of drug-likeness (QED) is 0.192. The van der Waals surface area contributed by atoms with E-state index in [1.165, 1.54) is 52.4 Å². The molecule has 2 N–H and O–H groups in total. The first-order valence-electron chi connectivity index (χ1n) is 10.00. The van der Waals surface area contributed by atoms with Gasteiger partial charge in [0.2, 0.25) is 0 Å².